The van der Waals surface area contributed by atoms with Gasteiger partial charge in [0.05, 0.1) is 12.2 Å². The van der Waals surface area contributed by atoms with Crippen molar-refractivity contribution < 1.29 is 14.9 Å². The van der Waals surface area contributed by atoms with E-state index in [1.807, 2.05) is 0 Å². The molecule has 0 rings (SSSR count). The largest absolute Gasteiger partial charge is 0.391 e. The Kier molecular flexibility index (Phi) is 5.11. The van der Waals surface area contributed by atoms with Crippen molar-refractivity contribution in [2.24, 2.45) is 0 Å². The molecule has 0 radical (unpaired) electrons. The molecule has 0 bridgehead atoms. The van der Waals surface area contributed by atoms with E-state index in [-0.39, 0.29) is 6.10 Å². The van der Waals surface area contributed by atoms with Gasteiger partial charge in [0, 0.05) is 7.11 Å². The van der Waals surface area contributed by atoms with E-state index in [1.165, 1.54) is 14.0 Å². The highest BCUT2D eigenvalue weighted by molar-refractivity contribution is 4.81. The Labute approximate surface area is 67.3 Å². The first-order valence-corrected chi connectivity index (χ1v) is 3.63. The summed E-state index contributed by atoms with van der Waals surface area (Å²) in [5, 5.41) is 18.3. The van der Waals surface area contributed by atoms with Gasteiger partial charge < -0.3 is 14.9 Å². The fourth-order valence-corrected chi connectivity index (χ4v) is 0.850. The zero-order valence-electron chi connectivity index (χ0n) is 7.03. The van der Waals surface area contributed by atoms with Crippen LogP contribution in [0.3, 0.4) is 0 Å². The maximum absolute atomic E-state index is 9.29. The van der Waals surface area contributed by atoms with Crippen LogP contribution in [-0.4, -0.2) is 35.6 Å². The molecule has 0 aromatic rings. The minimum absolute atomic E-state index is 0.354. The number of rotatable bonds is 5. The Balaban J connectivity index is 3.90. The van der Waals surface area contributed by atoms with E-state index in [0.717, 1.165) is 0 Å². The lowest BCUT2D eigenvalue weighted by atomic mass is 10.1. The van der Waals surface area contributed by atoms with Gasteiger partial charge in [-0.15, -0.1) is 6.58 Å². The highest BCUT2D eigenvalue weighted by Crippen LogP contribution is 2.07. The molecule has 0 aliphatic heterocycles. The fraction of sp³-hybridized carbons (Fsp3) is 0.750. The third-order valence-electron chi connectivity index (χ3n) is 1.58. The summed E-state index contributed by atoms with van der Waals surface area (Å²) >= 11 is 0. The second-order valence-corrected chi connectivity index (χ2v) is 2.53. The first-order chi connectivity index (χ1) is 5.13. The van der Waals surface area contributed by atoms with E-state index in [1.54, 1.807) is 6.08 Å². The molecular formula is C8H16O3. The van der Waals surface area contributed by atoms with E-state index in [0.29, 0.717) is 6.42 Å². The Morgan fingerprint density at radius 2 is 2.09 bits per heavy atom. The standard InChI is InChI=1S/C8H16O3/c1-4-5-7(11-3)8(10)6(2)9/h4,6-10H,1,5H2,2-3H3/t6-,7+,8-/m1/s1. The first-order valence-electron chi connectivity index (χ1n) is 3.63. The molecule has 0 saturated carbocycles. The third kappa shape index (κ3) is 3.51. The molecule has 3 heteroatoms. The maximum Gasteiger partial charge on any atom is 0.106 e. The van der Waals surface area contributed by atoms with Gasteiger partial charge in [-0.3, -0.25) is 0 Å². The van der Waals surface area contributed by atoms with Gasteiger partial charge in [0.15, 0.2) is 0 Å². The molecule has 11 heavy (non-hydrogen) atoms. The van der Waals surface area contributed by atoms with Crippen LogP contribution in [0.15, 0.2) is 12.7 Å². The van der Waals surface area contributed by atoms with Crippen molar-refractivity contribution in [3.05, 3.63) is 12.7 Å². The van der Waals surface area contributed by atoms with Crippen LogP contribution in [0.5, 0.6) is 0 Å². The lowest BCUT2D eigenvalue weighted by Crippen LogP contribution is -2.36. The smallest absolute Gasteiger partial charge is 0.106 e. The molecule has 0 aromatic carbocycles. The molecule has 3 atom stereocenters. The summed E-state index contributed by atoms with van der Waals surface area (Å²) in [6.45, 7) is 5.04. The average molecular weight is 160 g/mol. The molecule has 3 nitrogen and oxygen atoms in total. The Hall–Kier alpha value is -0.380. The lowest BCUT2D eigenvalue weighted by Gasteiger charge is -2.22. The second-order valence-electron chi connectivity index (χ2n) is 2.53. The Bertz CT molecular complexity index is 112. The van der Waals surface area contributed by atoms with Gasteiger partial charge in [0.25, 0.3) is 0 Å². The second kappa shape index (κ2) is 5.29. The number of hydrogen-bond acceptors (Lipinski definition) is 3. The van der Waals surface area contributed by atoms with Crippen LogP contribution in [0.4, 0.5) is 0 Å². The molecular weight excluding hydrogens is 144 g/mol. The summed E-state index contributed by atoms with van der Waals surface area (Å²) < 4.78 is 4.93. The quantitative estimate of drug-likeness (QED) is 0.569. The molecule has 66 valence electrons. The summed E-state index contributed by atoms with van der Waals surface area (Å²) in [5.74, 6) is 0. The van der Waals surface area contributed by atoms with Crippen LogP contribution < -0.4 is 0 Å². The average Bonchev–Trinajstić information content (AvgIpc) is 1.98. The molecule has 0 heterocycles. The van der Waals surface area contributed by atoms with Crippen molar-refractivity contribution in [2.45, 2.75) is 31.7 Å². The highest BCUT2D eigenvalue weighted by Gasteiger charge is 2.21. The highest BCUT2D eigenvalue weighted by atomic mass is 16.5. The number of hydrogen-bond donors (Lipinski definition) is 2. The third-order valence-corrected chi connectivity index (χ3v) is 1.58. The lowest BCUT2D eigenvalue weighted by molar-refractivity contribution is -0.0673. The number of aliphatic hydroxyl groups excluding tert-OH is 2. The van der Waals surface area contributed by atoms with Gasteiger partial charge in [-0.2, -0.15) is 0 Å². The topological polar surface area (TPSA) is 49.7 Å². The molecule has 0 spiro atoms. The van der Waals surface area contributed by atoms with Crippen molar-refractivity contribution in [3.63, 3.8) is 0 Å². The zero-order valence-corrected chi connectivity index (χ0v) is 7.03. The van der Waals surface area contributed by atoms with Gasteiger partial charge in [-0.05, 0) is 13.3 Å². The van der Waals surface area contributed by atoms with Crippen LogP contribution in [-0.2, 0) is 4.74 Å². The molecule has 0 saturated heterocycles. The Morgan fingerprint density at radius 3 is 2.36 bits per heavy atom. The van der Waals surface area contributed by atoms with Crippen LogP contribution in [0.25, 0.3) is 0 Å². The van der Waals surface area contributed by atoms with E-state index in [9.17, 15) is 5.11 Å². The molecule has 2 N–H and O–H groups in total. The van der Waals surface area contributed by atoms with Crippen molar-refractivity contribution in [1.82, 2.24) is 0 Å². The molecule has 0 aliphatic carbocycles. The van der Waals surface area contributed by atoms with Gasteiger partial charge >= 0.3 is 0 Å². The minimum atomic E-state index is -0.835. The minimum Gasteiger partial charge on any atom is -0.391 e. The van der Waals surface area contributed by atoms with Crippen LogP contribution in [0.1, 0.15) is 13.3 Å². The Morgan fingerprint density at radius 1 is 1.55 bits per heavy atom. The van der Waals surface area contributed by atoms with Crippen molar-refractivity contribution >= 4 is 0 Å². The van der Waals surface area contributed by atoms with Crippen molar-refractivity contribution in [2.75, 3.05) is 7.11 Å². The summed E-state index contributed by atoms with van der Waals surface area (Å²) in [4.78, 5) is 0. The monoisotopic (exact) mass is 160 g/mol. The number of methoxy groups -OCH3 is 1. The molecule has 0 fully saturated rings. The number of ether oxygens (including phenoxy) is 1. The van der Waals surface area contributed by atoms with Gasteiger partial charge in [0.2, 0.25) is 0 Å². The predicted molar refractivity (Wildman–Crippen MR) is 43.3 cm³/mol. The molecule has 0 aliphatic rings. The van der Waals surface area contributed by atoms with Crippen molar-refractivity contribution in [1.29, 1.82) is 0 Å². The molecule has 0 unspecified atom stereocenters. The van der Waals surface area contributed by atoms with Gasteiger partial charge in [0.1, 0.15) is 6.10 Å². The summed E-state index contributed by atoms with van der Waals surface area (Å²) in [6, 6.07) is 0. The van der Waals surface area contributed by atoms with E-state index in [2.05, 4.69) is 6.58 Å². The predicted octanol–water partition coefficient (Wildman–Crippen LogP) is 0.319. The summed E-state index contributed by atoms with van der Waals surface area (Å²) in [6.07, 6.45) is 0.243. The van der Waals surface area contributed by atoms with Gasteiger partial charge in [-0.1, -0.05) is 6.08 Å². The summed E-state index contributed by atoms with van der Waals surface area (Å²) in [7, 11) is 1.50. The summed E-state index contributed by atoms with van der Waals surface area (Å²) in [5.41, 5.74) is 0. The SMILES string of the molecule is C=CC[C@H](OC)[C@H](O)[C@@H](C)O. The van der Waals surface area contributed by atoms with E-state index >= 15 is 0 Å². The van der Waals surface area contributed by atoms with Crippen LogP contribution in [0.2, 0.25) is 0 Å². The van der Waals surface area contributed by atoms with Crippen LogP contribution in [0, 0.1) is 0 Å². The fourth-order valence-electron chi connectivity index (χ4n) is 0.850. The van der Waals surface area contributed by atoms with Gasteiger partial charge in [-0.25, -0.2) is 0 Å². The van der Waals surface area contributed by atoms with Crippen molar-refractivity contribution in [3.8, 4) is 0 Å². The zero-order chi connectivity index (χ0) is 8.85. The van der Waals surface area contributed by atoms with E-state index < -0.39 is 12.2 Å². The normalized spacial score (nSPS) is 18.9. The molecule has 0 aromatic heterocycles. The number of aliphatic hydroxyl groups is 2. The van der Waals surface area contributed by atoms with Crippen LogP contribution >= 0.6 is 0 Å². The first kappa shape index (κ1) is 10.6. The maximum atomic E-state index is 9.29. The van der Waals surface area contributed by atoms with E-state index in [4.69, 9.17) is 9.84 Å². The molecule has 0 amide bonds.